The molecule has 0 N–H and O–H groups in total. The Hall–Kier alpha value is -2.93. The van der Waals surface area contributed by atoms with Crippen molar-refractivity contribution in [1.82, 2.24) is 9.78 Å². The van der Waals surface area contributed by atoms with Crippen LogP contribution in [0.1, 0.15) is 15.4 Å². The molecule has 0 atom stereocenters. The highest BCUT2D eigenvalue weighted by Gasteiger charge is 2.16. The molecule has 108 valence electrons. The lowest BCUT2D eigenvalue weighted by Gasteiger charge is -1.99. The second-order valence-corrected chi connectivity index (χ2v) is 5.27. The maximum Gasteiger partial charge on any atom is 0.237 e. The molecule has 0 fully saturated rings. The summed E-state index contributed by atoms with van der Waals surface area (Å²) in [6, 6.07) is 18.0. The van der Waals surface area contributed by atoms with E-state index in [9.17, 15) is 9.70 Å². The van der Waals surface area contributed by atoms with Crippen LogP contribution in [0.25, 0.3) is 5.69 Å². The highest BCUT2D eigenvalue weighted by Crippen LogP contribution is 2.12. The number of benzene rings is 2. The number of rotatable bonds is 4. The van der Waals surface area contributed by atoms with Gasteiger partial charge in [-0.2, -0.15) is 5.10 Å². The molecule has 0 aliphatic carbocycles. The van der Waals surface area contributed by atoms with Gasteiger partial charge in [-0.25, -0.2) is 4.68 Å². The Balaban J connectivity index is 2.10. The number of ketones is 1. The van der Waals surface area contributed by atoms with Gasteiger partial charge in [0.25, 0.3) is 0 Å². The quantitative estimate of drug-likeness (QED) is 0.422. The topological polar surface area (TPSA) is 76.7 Å². The van der Waals surface area contributed by atoms with Crippen molar-refractivity contribution < 1.29 is 4.79 Å². The molecule has 0 bridgehead atoms. The number of hydrogen-bond acceptors (Lipinski definition) is 5. The number of carbonyl (C=O) groups is 1. The lowest BCUT2D eigenvalue weighted by atomic mass is 10.1. The van der Waals surface area contributed by atoms with Gasteiger partial charge in [-0.1, -0.05) is 65.0 Å². The minimum atomic E-state index is -0.220. The maximum absolute atomic E-state index is 12.4. The fourth-order valence-corrected chi connectivity index (χ4v) is 2.74. The van der Waals surface area contributed by atoms with Crippen molar-refractivity contribution in [2.24, 2.45) is 10.4 Å². The summed E-state index contributed by atoms with van der Waals surface area (Å²) in [7, 11) is 0. The van der Waals surface area contributed by atoms with E-state index in [1.54, 1.807) is 36.4 Å². The number of nitrogens with zero attached hydrogens (tertiary/aromatic N) is 4. The van der Waals surface area contributed by atoms with Crippen molar-refractivity contribution in [3.05, 3.63) is 80.9 Å². The van der Waals surface area contributed by atoms with E-state index >= 15 is 0 Å². The van der Waals surface area contributed by atoms with E-state index in [1.165, 1.54) is 4.68 Å². The summed E-state index contributed by atoms with van der Waals surface area (Å²) in [6.07, 6.45) is 0. The average Bonchev–Trinajstić information content (AvgIpc) is 3.00. The molecule has 2 aromatic carbocycles. The van der Waals surface area contributed by atoms with Crippen LogP contribution in [0, 0.1) is 4.91 Å². The molecule has 0 aliphatic rings. The van der Waals surface area contributed by atoms with Crippen molar-refractivity contribution in [1.29, 1.82) is 0 Å². The van der Waals surface area contributed by atoms with Crippen LogP contribution in [-0.4, -0.2) is 15.6 Å². The van der Waals surface area contributed by atoms with E-state index in [1.807, 2.05) is 24.3 Å². The van der Waals surface area contributed by atoms with Gasteiger partial charge >= 0.3 is 0 Å². The third-order valence-corrected chi connectivity index (χ3v) is 3.81. The highest BCUT2D eigenvalue weighted by molar-refractivity contribution is 7.11. The van der Waals surface area contributed by atoms with Gasteiger partial charge in [0.2, 0.25) is 10.6 Å². The average molecular weight is 310 g/mol. The molecule has 0 spiro atoms. The molecule has 0 amide bonds. The fourth-order valence-electron chi connectivity index (χ4n) is 1.92. The lowest BCUT2D eigenvalue weighted by Crippen LogP contribution is -2.13. The van der Waals surface area contributed by atoms with Crippen LogP contribution in [0.4, 0.5) is 0 Å². The Morgan fingerprint density at radius 3 is 2.27 bits per heavy atom. The van der Waals surface area contributed by atoms with Gasteiger partial charge in [-0.15, -0.1) is 4.91 Å². The third-order valence-electron chi connectivity index (χ3n) is 2.92. The van der Waals surface area contributed by atoms with E-state index in [0.29, 0.717) is 11.3 Å². The molecule has 0 saturated heterocycles. The first-order chi connectivity index (χ1) is 10.8. The van der Waals surface area contributed by atoms with Crippen LogP contribution in [0.3, 0.4) is 0 Å². The zero-order chi connectivity index (χ0) is 15.4. The number of aromatic nitrogens is 2. The second kappa shape index (κ2) is 6.23. The Bertz CT molecular complexity index is 869. The van der Waals surface area contributed by atoms with Crippen LogP contribution in [0.5, 0.6) is 0 Å². The highest BCUT2D eigenvalue weighted by atomic mass is 32.1. The van der Waals surface area contributed by atoms with Crippen LogP contribution >= 0.6 is 11.3 Å². The molecule has 3 rings (SSSR count). The molecule has 1 heterocycles. The Morgan fingerprint density at radius 2 is 1.64 bits per heavy atom. The number of nitroso groups, excluding NO2 is 1. The van der Waals surface area contributed by atoms with Crippen LogP contribution < -0.4 is 4.80 Å². The van der Waals surface area contributed by atoms with E-state index in [0.717, 1.165) is 11.3 Å². The molecule has 0 unspecified atom stereocenters. The Kier molecular flexibility index (Phi) is 3.97. The molecule has 0 radical (unpaired) electrons. The molecule has 22 heavy (non-hydrogen) atoms. The summed E-state index contributed by atoms with van der Waals surface area (Å²) in [5.74, 6) is -0.220. The van der Waals surface area contributed by atoms with Crippen LogP contribution in [0.2, 0.25) is 0 Å². The fraction of sp³-hybridized carbons (Fsp3) is 0. The summed E-state index contributed by atoms with van der Waals surface area (Å²) in [5, 5.41) is 10.6. The molecular weight excluding hydrogens is 300 g/mol. The predicted molar refractivity (Wildman–Crippen MR) is 82.7 cm³/mol. The minimum absolute atomic E-state index is 0.220. The normalized spacial score (nSPS) is 11.4. The first-order valence-corrected chi connectivity index (χ1v) is 7.23. The van der Waals surface area contributed by atoms with Gasteiger partial charge in [-0.3, -0.25) is 4.79 Å². The standard InChI is InChI=1S/C15H10N4O2S/c20-13(11-7-3-1-4-8-11)14-17-19(15(22-14)16-18-21)12-9-5-2-6-10-12/h1-10H/b16-15-. The number of hydrogen-bond donors (Lipinski definition) is 0. The maximum atomic E-state index is 12.4. The summed E-state index contributed by atoms with van der Waals surface area (Å²) in [4.78, 5) is 23.2. The molecule has 0 aliphatic heterocycles. The van der Waals surface area contributed by atoms with Gasteiger partial charge in [0.15, 0.2) is 5.01 Å². The zero-order valence-corrected chi connectivity index (χ0v) is 12.1. The van der Waals surface area contributed by atoms with Crippen molar-refractivity contribution >= 4 is 17.1 Å². The number of carbonyl (C=O) groups excluding carboxylic acids is 1. The summed E-state index contributed by atoms with van der Waals surface area (Å²) < 4.78 is 1.43. The summed E-state index contributed by atoms with van der Waals surface area (Å²) in [6.45, 7) is 0. The molecule has 1 aromatic heterocycles. The zero-order valence-electron chi connectivity index (χ0n) is 11.3. The first-order valence-electron chi connectivity index (χ1n) is 6.41. The van der Waals surface area contributed by atoms with E-state index in [2.05, 4.69) is 15.5 Å². The molecular formula is C15H10N4O2S. The van der Waals surface area contributed by atoms with Crippen molar-refractivity contribution in [3.8, 4) is 5.69 Å². The van der Waals surface area contributed by atoms with E-state index in [4.69, 9.17) is 0 Å². The molecule has 6 nitrogen and oxygen atoms in total. The second-order valence-electron chi connectivity index (χ2n) is 4.31. The largest absolute Gasteiger partial charge is 0.286 e. The SMILES string of the molecule is O=N/N=c1\sc(C(=O)c2ccccc2)nn1-c1ccccc1. The van der Waals surface area contributed by atoms with Crippen molar-refractivity contribution in [2.75, 3.05) is 0 Å². The Labute approximate surface area is 129 Å². The number of para-hydroxylation sites is 1. The van der Waals surface area contributed by atoms with Gasteiger partial charge < -0.3 is 0 Å². The Morgan fingerprint density at radius 1 is 1.00 bits per heavy atom. The molecule has 0 saturated carbocycles. The molecule has 3 aromatic rings. The predicted octanol–water partition coefficient (Wildman–Crippen LogP) is 2.75. The first kappa shape index (κ1) is 14.0. The van der Waals surface area contributed by atoms with Gasteiger partial charge in [0, 0.05) is 5.56 Å². The molecule has 7 heteroatoms. The van der Waals surface area contributed by atoms with E-state index in [-0.39, 0.29) is 15.6 Å². The van der Waals surface area contributed by atoms with Crippen molar-refractivity contribution in [3.63, 3.8) is 0 Å². The lowest BCUT2D eigenvalue weighted by molar-refractivity contribution is 0.103. The van der Waals surface area contributed by atoms with Gasteiger partial charge in [0.05, 0.1) is 11.0 Å². The summed E-state index contributed by atoms with van der Waals surface area (Å²) >= 11 is 1.02. The third kappa shape index (κ3) is 2.75. The van der Waals surface area contributed by atoms with Crippen LogP contribution in [0.15, 0.2) is 71.1 Å². The smallest absolute Gasteiger partial charge is 0.237 e. The van der Waals surface area contributed by atoms with Crippen molar-refractivity contribution in [2.45, 2.75) is 0 Å². The monoisotopic (exact) mass is 310 g/mol. The van der Waals surface area contributed by atoms with Gasteiger partial charge in [-0.05, 0) is 12.1 Å². The summed E-state index contributed by atoms with van der Waals surface area (Å²) in [5.41, 5.74) is 1.23. The van der Waals surface area contributed by atoms with Gasteiger partial charge in [0.1, 0.15) is 0 Å². The minimum Gasteiger partial charge on any atom is -0.286 e. The van der Waals surface area contributed by atoms with E-state index < -0.39 is 0 Å². The van der Waals surface area contributed by atoms with Crippen LogP contribution in [-0.2, 0) is 0 Å².